The molecular formula is C14H16O4. The molecule has 96 valence electrons. The molecule has 4 atom stereocenters. The van der Waals surface area contributed by atoms with Crippen LogP contribution in [0.1, 0.15) is 24.3 Å². The smallest absolute Gasteiger partial charge is 0.309 e. The number of aliphatic carboxylic acids is 1. The van der Waals surface area contributed by atoms with Gasteiger partial charge in [-0.15, -0.1) is 0 Å². The Morgan fingerprint density at radius 1 is 1.33 bits per heavy atom. The highest BCUT2D eigenvalue weighted by molar-refractivity contribution is 5.73. The molecule has 2 aliphatic heterocycles. The first-order chi connectivity index (χ1) is 8.72. The summed E-state index contributed by atoms with van der Waals surface area (Å²) >= 11 is 0. The molecule has 2 fully saturated rings. The van der Waals surface area contributed by atoms with Crippen molar-refractivity contribution in [2.24, 2.45) is 5.92 Å². The van der Waals surface area contributed by atoms with Gasteiger partial charge in [0.1, 0.15) is 5.75 Å². The topological polar surface area (TPSA) is 55.8 Å². The zero-order valence-electron chi connectivity index (χ0n) is 10.2. The molecule has 0 aliphatic carbocycles. The Morgan fingerprint density at radius 3 is 2.78 bits per heavy atom. The second-order valence-corrected chi connectivity index (χ2v) is 4.92. The summed E-state index contributed by atoms with van der Waals surface area (Å²) in [7, 11) is 1.61. The van der Waals surface area contributed by atoms with Crippen molar-refractivity contribution in [3.05, 3.63) is 29.8 Å². The Balaban J connectivity index is 2.02. The highest BCUT2D eigenvalue weighted by Gasteiger charge is 2.53. The third-order valence-corrected chi connectivity index (χ3v) is 4.06. The van der Waals surface area contributed by atoms with Crippen LogP contribution in [0.15, 0.2) is 24.3 Å². The van der Waals surface area contributed by atoms with Gasteiger partial charge in [0.25, 0.3) is 0 Å². The SMILES string of the molecule is COc1ccccc1C1C2CCC(O2)C1C(=O)O. The van der Waals surface area contributed by atoms with Gasteiger partial charge in [-0.2, -0.15) is 0 Å². The molecule has 1 aromatic rings. The number of benzene rings is 1. The van der Waals surface area contributed by atoms with Gasteiger partial charge < -0.3 is 14.6 Å². The van der Waals surface area contributed by atoms with Gasteiger partial charge >= 0.3 is 5.97 Å². The molecule has 3 rings (SSSR count). The lowest BCUT2D eigenvalue weighted by atomic mass is 9.75. The molecule has 0 aromatic heterocycles. The molecule has 4 heteroatoms. The van der Waals surface area contributed by atoms with Crippen LogP contribution in [-0.4, -0.2) is 30.4 Å². The number of carbonyl (C=O) groups is 1. The van der Waals surface area contributed by atoms with Crippen LogP contribution in [0.2, 0.25) is 0 Å². The lowest BCUT2D eigenvalue weighted by Crippen LogP contribution is -2.32. The maximum atomic E-state index is 11.5. The normalized spacial score (nSPS) is 33.6. The van der Waals surface area contributed by atoms with Gasteiger partial charge in [-0.3, -0.25) is 4.79 Å². The van der Waals surface area contributed by atoms with E-state index < -0.39 is 11.9 Å². The quantitative estimate of drug-likeness (QED) is 0.889. The second-order valence-electron chi connectivity index (χ2n) is 4.92. The first kappa shape index (κ1) is 11.5. The largest absolute Gasteiger partial charge is 0.496 e. The summed E-state index contributed by atoms with van der Waals surface area (Å²) < 4.78 is 11.1. The third-order valence-electron chi connectivity index (χ3n) is 4.06. The predicted octanol–water partition coefficient (Wildman–Crippen LogP) is 2.04. The predicted molar refractivity (Wildman–Crippen MR) is 64.8 cm³/mol. The fourth-order valence-electron chi connectivity index (χ4n) is 3.33. The molecule has 0 amide bonds. The molecule has 0 spiro atoms. The zero-order valence-corrected chi connectivity index (χ0v) is 10.2. The van der Waals surface area contributed by atoms with Crippen LogP contribution in [0.25, 0.3) is 0 Å². The summed E-state index contributed by atoms with van der Waals surface area (Å²) in [6, 6.07) is 7.64. The fourth-order valence-corrected chi connectivity index (χ4v) is 3.33. The molecule has 2 heterocycles. The number of ether oxygens (including phenoxy) is 2. The maximum absolute atomic E-state index is 11.5. The first-order valence-corrected chi connectivity index (χ1v) is 6.23. The minimum Gasteiger partial charge on any atom is -0.496 e. The van der Waals surface area contributed by atoms with Crippen LogP contribution in [0.5, 0.6) is 5.75 Å². The van der Waals surface area contributed by atoms with Gasteiger partial charge in [0.05, 0.1) is 25.2 Å². The summed E-state index contributed by atoms with van der Waals surface area (Å²) in [6.07, 6.45) is 1.68. The Kier molecular flexibility index (Phi) is 2.74. The number of methoxy groups -OCH3 is 1. The number of carboxylic acids is 1. The highest BCUT2D eigenvalue weighted by Crippen LogP contribution is 2.50. The Bertz CT molecular complexity index is 471. The summed E-state index contributed by atoms with van der Waals surface area (Å²) in [5, 5.41) is 9.41. The van der Waals surface area contributed by atoms with Crippen LogP contribution >= 0.6 is 0 Å². The molecule has 2 aliphatic rings. The van der Waals surface area contributed by atoms with Gasteiger partial charge in [0.15, 0.2) is 0 Å². The van der Waals surface area contributed by atoms with Crippen molar-refractivity contribution in [1.82, 2.24) is 0 Å². The number of para-hydroxylation sites is 1. The molecule has 0 radical (unpaired) electrons. The molecule has 2 saturated heterocycles. The number of hydrogen-bond donors (Lipinski definition) is 1. The van der Waals surface area contributed by atoms with E-state index in [0.29, 0.717) is 0 Å². The van der Waals surface area contributed by atoms with Gasteiger partial charge in [-0.25, -0.2) is 0 Å². The molecule has 1 N–H and O–H groups in total. The standard InChI is InChI=1S/C14H16O4/c1-17-9-5-3-2-4-8(9)12-10-6-7-11(18-10)13(12)14(15)16/h2-5,10-13H,6-7H2,1H3,(H,15,16). The van der Waals surface area contributed by atoms with Crippen molar-refractivity contribution in [3.63, 3.8) is 0 Å². The third kappa shape index (κ3) is 1.60. The molecule has 2 bridgehead atoms. The summed E-state index contributed by atoms with van der Waals surface area (Å²) in [5.41, 5.74) is 0.958. The number of fused-ring (bicyclic) bond motifs is 2. The van der Waals surface area contributed by atoms with Crippen molar-refractivity contribution in [2.75, 3.05) is 7.11 Å². The Morgan fingerprint density at radius 2 is 2.06 bits per heavy atom. The van der Waals surface area contributed by atoms with E-state index >= 15 is 0 Å². The van der Waals surface area contributed by atoms with Crippen molar-refractivity contribution >= 4 is 5.97 Å². The highest BCUT2D eigenvalue weighted by atomic mass is 16.5. The van der Waals surface area contributed by atoms with E-state index in [1.54, 1.807) is 7.11 Å². The van der Waals surface area contributed by atoms with Crippen LogP contribution < -0.4 is 4.74 Å². The van der Waals surface area contributed by atoms with Crippen LogP contribution in [0.3, 0.4) is 0 Å². The van der Waals surface area contributed by atoms with Crippen molar-refractivity contribution in [2.45, 2.75) is 31.0 Å². The number of carboxylic acid groups (broad SMARTS) is 1. The second kappa shape index (κ2) is 4.28. The van der Waals surface area contributed by atoms with E-state index in [1.807, 2.05) is 24.3 Å². The molecule has 4 unspecified atom stereocenters. The van der Waals surface area contributed by atoms with E-state index in [1.165, 1.54) is 0 Å². The van der Waals surface area contributed by atoms with Gasteiger partial charge in [-0.1, -0.05) is 18.2 Å². The molecule has 18 heavy (non-hydrogen) atoms. The zero-order chi connectivity index (χ0) is 12.7. The van der Waals surface area contributed by atoms with Gasteiger partial charge in [-0.05, 0) is 18.9 Å². The van der Waals surface area contributed by atoms with Crippen LogP contribution in [-0.2, 0) is 9.53 Å². The van der Waals surface area contributed by atoms with Gasteiger partial charge in [0.2, 0.25) is 0 Å². The Labute approximate surface area is 106 Å². The molecule has 4 nitrogen and oxygen atoms in total. The van der Waals surface area contributed by atoms with E-state index in [-0.39, 0.29) is 18.1 Å². The number of hydrogen-bond acceptors (Lipinski definition) is 3. The van der Waals surface area contributed by atoms with Crippen molar-refractivity contribution < 1.29 is 19.4 Å². The molecular weight excluding hydrogens is 232 g/mol. The van der Waals surface area contributed by atoms with Gasteiger partial charge in [0, 0.05) is 11.5 Å². The van der Waals surface area contributed by atoms with E-state index in [2.05, 4.69) is 0 Å². The summed E-state index contributed by atoms with van der Waals surface area (Å²) in [6.45, 7) is 0. The van der Waals surface area contributed by atoms with Crippen molar-refractivity contribution in [1.29, 1.82) is 0 Å². The fraction of sp³-hybridized carbons (Fsp3) is 0.500. The van der Waals surface area contributed by atoms with E-state index in [0.717, 1.165) is 24.2 Å². The number of rotatable bonds is 3. The molecule has 1 aromatic carbocycles. The molecule has 0 saturated carbocycles. The van der Waals surface area contributed by atoms with Crippen LogP contribution in [0, 0.1) is 5.92 Å². The lowest BCUT2D eigenvalue weighted by molar-refractivity contribution is -0.143. The first-order valence-electron chi connectivity index (χ1n) is 6.23. The minimum absolute atomic E-state index is 0.0207. The monoisotopic (exact) mass is 248 g/mol. The average Bonchev–Trinajstić information content (AvgIpc) is 2.98. The van der Waals surface area contributed by atoms with Crippen LogP contribution in [0.4, 0.5) is 0 Å². The van der Waals surface area contributed by atoms with E-state index in [4.69, 9.17) is 9.47 Å². The van der Waals surface area contributed by atoms with Crippen molar-refractivity contribution in [3.8, 4) is 5.75 Å². The summed E-state index contributed by atoms with van der Waals surface area (Å²) in [4.78, 5) is 11.5. The Hall–Kier alpha value is -1.55. The minimum atomic E-state index is -0.766. The van der Waals surface area contributed by atoms with E-state index in [9.17, 15) is 9.90 Å². The summed E-state index contributed by atoms with van der Waals surface area (Å²) in [5.74, 6) is -0.541. The maximum Gasteiger partial charge on any atom is 0.309 e. The average molecular weight is 248 g/mol. The lowest BCUT2D eigenvalue weighted by Gasteiger charge is -2.26.